The lowest BCUT2D eigenvalue weighted by Crippen LogP contribution is -2.47. The van der Waals surface area contributed by atoms with Crippen LogP contribution in [0.25, 0.3) is 0 Å². The quantitative estimate of drug-likeness (QED) is 0.489. The van der Waals surface area contributed by atoms with Gasteiger partial charge in [-0.2, -0.15) is 0 Å². The highest BCUT2D eigenvalue weighted by Gasteiger charge is 2.35. The highest BCUT2D eigenvalue weighted by Crippen LogP contribution is 2.28. The van der Waals surface area contributed by atoms with Gasteiger partial charge in [0.05, 0.1) is 5.92 Å². The van der Waals surface area contributed by atoms with Gasteiger partial charge in [-0.15, -0.1) is 0 Å². The van der Waals surface area contributed by atoms with E-state index < -0.39 is 5.92 Å². The number of carbonyl (C=O) groups excluding carboxylic acids is 3. The summed E-state index contributed by atoms with van der Waals surface area (Å²) in [6.45, 7) is 3.80. The standard InChI is InChI=1S/C28H28ClN3O3/c1-20(2)31(28(35)27(21-9-5-3-6-10-21)22-11-7-4-8-12-22)18-25(33)30-17-26(34)32(19-30)24-15-13-23(29)14-16-24/h3-16,20,27H,17-19H2,1-2H3. The van der Waals surface area contributed by atoms with E-state index in [1.165, 1.54) is 4.90 Å². The Bertz CT molecular complexity index is 1140. The fourth-order valence-electron chi connectivity index (χ4n) is 4.26. The van der Waals surface area contributed by atoms with Crippen LogP contribution in [0.5, 0.6) is 0 Å². The van der Waals surface area contributed by atoms with Crippen molar-refractivity contribution in [2.24, 2.45) is 0 Å². The molecule has 1 saturated heterocycles. The number of anilines is 1. The van der Waals surface area contributed by atoms with Crippen LogP contribution in [0.3, 0.4) is 0 Å². The maximum Gasteiger partial charge on any atom is 0.248 e. The molecule has 180 valence electrons. The van der Waals surface area contributed by atoms with E-state index in [4.69, 9.17) is 11.6 Å². The van der Waals surface area contributed by atoms with E-state index in [2.05, 4.69) is 0 Å². The third-order valence-corrected chi connectivity index (χ3v) is 6.41. The molecule has 35 heavy (non-hydrogen) atoms. The van der Waals surface area contributed by atoms with Crippen molar-refractivity contribution in [3.05, 3.63) is 101 Å². The van der Waals surface area contributed by atoms with Crippen LogP contribution in [0, 0.1) is 0 Å². The summed E-state index contributed by atoms with van der Waals surface area (Å²) < 4.78 is 0. The summed E-state index contributed by atoms with van der Waals surface area (Å²) in [5.41, 5.74) is 2.42. The summed E-state index contributed by atoms with van der Waals surface area (Å²) in [4.78, 5) is 44.4. The molecule has 3 amide bonds. The molecule has 0 radical (unpaired) electrons. The molecule has 0 aromatic heterocycles. The van der Waals surface area contributed by atoms with Crippen LogP contribution >= 0.6 is 11.6 Å². The number of hydrogen-bond donors (Lipinski definition) is 0. The summed E-state index contributed by atoms with van der Waals surface area (Å²) in [7, 11) is 0. The van der Waals surface area contributed by atoms with E-state index in [0.717, 1.165) is 11.1 Å². The maximum atomic E-state index is 13.9. The fraction of sp³-hybridized carbons (Fsp3) is 0.250. The Balaban J connectivity index is 1.54. The largest absolute Gasteiger partial charge is 0.330 e. The molecule has 3 aromatic carbocycles. The molecule has 0 unspecified atom stereocenters. The second-order valence-electron chi connectivity index (χ2n) is 8.85. The second-order valence-corrected chi connectivity index (χ2v) is 9.28. The Kier molecular flexibility index (Phi) is 7.51. The van der Waals surface area contributed by atoms with Crippen LogP contribution in [0.15, 0.2) is 84.9 Å². The monoisotopic (exact) mass is 489 g/mol. The molecule has 7 heteroatoms. The van der Waals surface area contributed by atoms with Gasteiger partial charge in [0.25, 0.3) is 0 Å². The van der Waals surface area contributed by atoms with Crippen molar-refractivity contribution < 1.29 is 14.4 Å². The zero-order chi connectivity index (χ0) is 24.9. The van der Waals surface area contributed by atoms with E-state index in [1.54, 1.807) is 34.1 Å². The van der Waals surface area contributed by atoms with Crippen molar-refractivity contribution in [3.63, 3.8) is 0 Å². The van der Waals surface area contributed by atoms with Crippen LogP contribution in [0.2, 0.25) is 5.02 Å². The highest BCUT2D eigenvalue weighted by molar-refractivity contribution is 6.30. The molecule has 1 fully saturated rings. The van der Waals surface area contributed by atoms with Crippen LogP contribution in [0.1, 0.15) is 30.9 Å². The third-order valence-electron chi connectivity index (χ3n) is 6.16. The first-order chi connectivity index (χ1) is 16.8. The number of halogens is 1. The number of benzene rings is 3. The first-order valence-electron chi connectivity index (χ1n) is 11.6. The number of hydrogen-bond acceptors (Lipinski definition) is 3. The first-order valence-corrected chi connectivity index (χ1v) is 12.0. The van der Waals surface area contributed by atoms with Gasteiger partial charge in [0.1, 0.15) is 19.8 Å². The Morgan fingerprint density at radius 2 is 1.43 bits per heavy atom. The average Bonchev–Trinajstić information content (AvgIpc) is 3.25. The number of amides is 3. The number of carbonyl (C=O) groups is 3. The zero-order valence-electron chi connectivity index (χ0n) is 19.8. The molecular formula is C28H28ClN3O3. The average molecular weight is 490 g/mol. The van der Waals surface area contributed by atoms with E-state index in [1.807, 2.05) is 74.5 Å². The molecule has 0 saturated carbocycles. The lowest BCUT2D eigenvalue weighted by molar-refractivity contribution is -0.142. The van der Waals surface area contributed by atoms with Crippen LogP contribution in [0.4, 0.5) is 5.69 Å². The molecule has 3 aromatic rings. The minimum Gasteiger partial charge on any atom is -0.330 e. The van der Waals surface area contributed by atoms with Crippen LogP contribution in [-0.4, -0.2) is 53.3 Å². The normalized spacial score (nSPS) is 13.6. The summed E-state index contributed by atoms with van der Waals surface area (Å²) in [5.74, 6) is -1.12. The summed E-state index contributed by atoms with van der Waals surface area (Å²) in [6, 6.07) is 25.9. The topological polar surface area (TPSA) is 60.9 Å². The molecule has 1 aliphatic heterocycles. The predicted octanol–water partition coefficient (Wildman–Crippen LogP) is 4.54. The highest BCUT2D eigenvalue weighted by atomic mass is 35.5. The molecule has 0 aliphatic carbocycles. The van der Waals surface area contributed by atoms with Gasteiger partial charge in [-0.3, -0.25) is 19.3 Å². The molecule has 1 heterocycles. The smallest absolute Gasteiger partial charge is 0.248 e. The molecule has 0 spiro atoms. The van der Waals surface area contributed by atoms with Crippen molar-refractivity contribution >= 4 is 35.0 Å². The van der Waals surface area contributed by atoms with Gasteiger partial charge in [-0.25, -0.2) is 0 Å². The van der Waals surface area contributed by atoms with Gasteiger partial charge < -0.3 is 9.80 Å². The number of rotatable bonds is 7. The lowest BCUT2D eigenvalue weighted by Gasteiger charge is -2.32. The zero-order valence-corrected chi connectivity index (χ0v) is 20.6. The Labute approximate surface area is 210 Å². The van der Waals surface area contributed by atoms with Gasteiger partial charge in [-0.1, -0.05) is 72.3 Å². The minimum atomic E-state index is -0.529. The van der Waals surface area contributed by atoms with Gasteiger partial charge >= 0.3 is 0 Å². The van der Waals surface area contributed by atoms with Gasteiger partial charge in [0.15, 0.2) is 0 Å². The van der Waals surface area contributed by atoms with Gasteiger partial charge in [-0.05, 0) is 49.2 Å². The minimum absolute atomic E-state index is 0.0254. The molecule has 0 bridgehead atoms. The second kappa shape index (κ2) is 10.7. The van der Waals surface area contributed by atoms with E-state index in [9.17, 15) is 14.4 Å². The predicted molar refractivity (Wildman–Crippen MR) is 137 cm³/mol. The van der Waals surface area contributed by atoms with Crippen molar-refractivity contribution in [2.45, 2.75) is 25.8 Å². The fourth-order valence-corrected chi connectivity index (χ4v) is 4.38. The third kappa shape index (κ3) is 5.54. The maximum absolute atomic E-state index is 13.9. The molecule has 0 N–H and O–H groups in total. The van der Waals surface area contributed by atoms with Crippen molar-refractivity contribution in [1.82, 2.24) is 9.80 Å². The summed E-state index contributed by atoms with van der Waals surface area (Å²) in [6.07, 6.45) is 0. The Hall–Kier alpha value is -3.64. The van der Waals surface area contributed by atoms with E-state index in [-0.39, 0.29) is 43.5 Å². The molecule has 1 aliphatic rings. The van der Waals surface area contributed by atoms with Crippen molar-refractivity contribution in [3.8, 4) is 0 Å². The Morgan fingerprint density at radius 3 is 1.94 bits per heavy atom. The van der Waals surface area contributed by atoms with Crippen LogP contribution in [-0.2, 0) is 14.4 Å². The van der Waals surface area contributed by atoms with Crippen LogP contribution < -0.4 is 4.90 Å². The van der Waals surface area contributed by atoms with Crippen molar-refractivity contribution in [2.75, 3.05) is 24.7 Å². The summed E-state index contributed by atoms with van der Waals surface area (Å²) >= 11 is 5.96. The molecule has 0 atom stereocenters. The number of nitrogens with zero attached hydrogens (tertiary/aromatic N) is 3. The molecular weight excluding hydrogens is 462 g/mol. The molecule has 4 rings (SSSR count). The molecule has 6 nitrogen and oxygen atoms in total. The first kappa shape index (κ1) is 24.5. The SMILES string of the molecule is CC(C)N(CC(=O)N1CC(=O)N(c2ccc(Cl)cc2)C1)C(=O)C(c1ccccc1)c1ccccc1. The Morgan fingerprint density at radius 1 is 0.886 bits per heavy atom. The van der Waals surface area contributed by atoms with Crippen molar-refractivity contribution in [1.29, 1.82) is 0 Å². The lowest BCUT2D eigenvalue weighted by atomic mass is 9.89. The van der Waals surface area contributed by atoms with Gasteiger partial charge in [0, 0.05) is 16.8 Å². The van der Waals surface area contributed by atoms with Gasteiger partial charge in [0.2, 0.25) is 17.7 Å². The van der Waals surface area contributed by atoms with E-state index in [0.29, 0.717) is 10.7 Å². The summed E-state index contributed by atoms with van der Waals surface area (Å²) in [5, 5.41) is 0.575. The van der Waals surface area contributed by atoms with E-state index >= 15 is 0 Å².